The van der Waals surface area contributed by atoms with E-state index in [0.717, 1.165) is 42.5 Å². The van der Waals surface area contributed by atoms with Crippen molar-refractivity contribution < 1.29 is 9.47 Å². The molecule has 1 aliphatic carbocycles. The van der Waals surface area contributed by atoms with Gasteiger partial charge in [0.1, 0.15) is 11.4 Å². The minimum atomic E-state index is -0.0629. The average Bonchev–Trinajstić information content (AvgIpc) is 2.48. The molecule has 3 unspecified atom stereocenters. The van der Waals surface area contributed by atoms with E-state index in [1.54, 1.807) is 0 Å². The second-order valence-corrected chi connectivity index (χ2v) is 7.15. The van der Waals surface area contributed by atoms with Gasteiger partial charge in [-0.1, -0.05) is 22.9 Å². The molecule has 3 rings (SSSR count). The minimum absolute atomic E-state index is 0.0629. The molecule has 1 heterocycles. The molecule has 0 amide bonds. The molecule has 1 saturated carbocycles. The zero-order valence-electron chi connectivity index (χ0n) is 12.8. The molecule has 1 N–H and O–H groups in total. The molecular formula is C17H24BrNO2. The van der Waals surface area contributed by atoms with Gasteiger partial charge in [-0.05, 0) is 44.0 Å². The van der Waals surface area contributed by atoms with E-state index in [1.165, 1.54) is 12.0 Å². The van der Waals surface area contributed by atoms with Gasteiger partial charge in [-0.2, -0.15) is 0 Å². The lowest BCUT2D eigenvalue weighted by atomic mass is 9.76. The molecule has 21 heavy (non-hydrogen) atoms. The molecular weight excluding hydrogens is 330 g/mol. The fourth-order valence-electron chi connectivity index (χ4n) is 3.82. The third kappa shape index (κ3) is 3.13. The number of fused-ring (bicyclic) bond motifs is 1. The molecule has 0 saturated heterocycles. The van der Waals surface area contributed by atoms with Crippen molar-refractivity contribution in [2.24, 2.45) is 0 Å². The normalized spacial score (nSPS) is 31.8. The highest BCUT2D eigenvalue weighted by molar-refractivity contribution is 9.10. The van der Waals surface area contributed by atoms with E-state index >= 15 is 0 Å². The number of rotatable bonds is 3. The van der Waals surface area contributed by atoms with Crippen molar-refractivity contribution >= 4 is 15.9 Å². The van der Waals surface area contributed by atoms with Crippen LogP contribution < -0.4 is 10.1 Å². The molecule has 1 aromatic rings. The van der Waals surface area contributed by atoms with Crippen LogP contribution in [0.4, 0.5) is 0 Å². The summed E-state index contributed by atoms with van der Waals surface area (Å²) >= 11 is 3.57. The summed E-state index contributed by atoms with van der Waals surface area (Å²) in [6.07, 6.45) is 5.83. The maximum Gasteiger partial charge on any atom is 0.125 e. The summed E-state index contributed by atoms with van der Waals surface area (Å²) in [6.45, 7) is 3.14. The zero-order chi connectivity index (χ0) is 14.9. The van der Waals surface area contributed by atoms with Crippen molar-refractivity contribution in [1.29, 1.82) is 0 Å². The Morgan fingerprint density at radius 1 is 1.43 bits per heavy atom. The van der Waals surface area contributed by atoms with Crippen LogP contribution in [-0.2, 0) is 4.74 Å². The fourth-order valence-corrected chi connectivity index (χ4v) is 4.20. The molecule has 0 bridgehead atoms. The number of ether oxygens (including phenoxy) is 2. The predicted molar refractivity (Wildman–Crippen MR) is 87.8 cm³/mol. The summed E-state index contributed by atoms with van der Waals surface area (Å²) in [5.74, 6) is 1.03. The Hall–Kier alpha value is -0.580. The number of halogens is 1. The van der Waals surface area contributed by atoms with Gasteiger partial charge in [-0.25, -0.2) is 0 Å². The Morgan fingerprint density at radius 3 is 3.05 bits per heavy atom. The van der Waals surface area contributed by atoms with Gasteiger partial charge >= 0.3 is 0 Å². The lowest BCUT2D eigenvalue weighted by molar-refractivity contribution is -0.0601. The SMILES string of the molecule is CCNC1CC2(CCCC(OC)C2)Oc2ccc(Br)cc21. The second-order valence-electron chi connectivity index (χ2n) is 6.24. The molecule has 0 radical (unpaired) electrons. The van der Waals surface area contributed by atoms with E-state index < -0.39 is 0 Å². The minimum Gasteiger partial charge on any atom is -0.487 e. The number of benzene rings is 1. The standard InChI is InChI=1S/C17H24BrNO2/c1-3-19-15-11-17(8-4-5-13(10-17)20-2)21-16-7-6-12(18)9-14(15)16/h6-7,9,13,15,19H,3-5,8,10-11H2,1-2H3. The van der Waals surface area contributed by atoms with Gasteiger partial charge in [0.05, 0.1) is 6.10 Å². The van der Waals surface area contributed by atoms with Gasteiger partial charge in [0, 0.05) is 36.0 Å². The number of hydrogen-bond donors (Lipinski definition) is 1. The van der Waals surface area contributed by atoms with Crippen molar-refractivity contribution in [2.75, 3.05) is 13.7 Å². The van der Waals surface area contributed by atoms with Crippen LogP contribution in [0.3, 0.4) is 0 Å². The van der Waals surface area contributed by atoms with Crippen LogP contribution in [-0.4, -0.2) is 25.4 Å². The topological polar surface area (TPSA) is 30.5 Å². The number of methoxy groups -OCH3 is 1. The highest BCUT2D eigenvalue weighted by Gasteiger charge is 2.44. The lowest BCUT2D eigenvalue weighted by Gasteiger charge is -2.46. The van der Waals surface area contributed by atoms with Crippen LogP contribution in [0.2, 0.25) is 0 Å². The Kier molecular flexibility index (Phi) is 4.57. The molecule has 2 aliphatic rings. The van der Waals surface area contributed by atoms with Crippen LogP contribution >= 0.6 is 15.9 Å². The molecule has 116 valence electrons. The van der Waals surface area contributed by atoms with Crippen LogP contribution in [0.5, 0.6) is 5.75 Å². The van der Waals surface area contributed by atoms with E-state index in [-0.39, 0.29) is 5.60 Å². The van der Waals surface area contributed by atoms with Crippen LogP contribution in [0, 0.1) is 0 Å². The highest BCUT2D eigenvalue weighted by atomic mass is 79.9. The van der Waals surface area contributed by atoms with Gasteiger partial charge in [-0.3, -0.25) is 0 Å². The van der Waals surface area contributed by atoms with Crippen LogP contribution in [0.1, 0.15) is 50.6 Å². The molecule has 1 aromatic carbocycles. The van der Waals surface area contributed by atoms with Gasteiger partial charge in [-0.15, -0.1) is 0 Å². The number of hydrogen-bond acceptors (Lipinski definition) is 3. The van der Waals surface area contributed by atoms with Gasteiger partial charge < -0.3 is 14.8 Å². The van der Waals surface area contributed by atoms with E-state index in [2.05, 4.69) is 46.4 Å². The molecule has 1 spiro atoms. The summed E-state index contributed by atoms with van der Waals surface area (Å²) in [7, 11) is 1.82. The van der Waals surface area contributed by atoms with Crippen molar-refractivity contribution in [3.63, 3.8) is 0 Å². The molecule has 4 heteroatoms. The first kappa shape index (κ1) is 15.3. The van der Waals surface area contributed by atoms with Crippen molar-refractivity contribution in [3.05, 3.63) is 28.2 Å². The monoisotopic (exact) mass is 353 g/mol. The van der Waals surface area contributed by atoms with Crippen molar-refractivity contribution in [2.45, 2.75) is 56.8 Å². The first-order valence-corrected chi connectivity index (χ1v) is 8.70. The van der Waals surface area contributed by atoms with E-state index in [0.29, 0.717) is 12.1 Å². The predicted octanol–water partition coefficient (Wildman–Crippen LogP) is 4.21. The van der Waals surface area contributed by atoms with Crippen LogP contribution in [0.15, 0.2) is 22.7 Å². The first-order valence-electron chi connectivity index (χ1n) is 7.90. The van der Waals surface area contributed by atoms with E-state index in [4.69, 9.17) is 9.47 Å². The fraction of sp³-hybridized carbons (Fsp3) is 0.647. The third-order valence-electron chi connectivity index (χ3n) is 4.79. The van der Waals surface area contributed by atoms with E-state index in [1.807, 2.05) is 7.11 Å². The smallest absolute Gasteiger partial charge is 0.125 e. The van der Waals surface area contributed by atoms with Crippen molar-refractivity contribution in [1.82, 2.24) is 5.32 Å². The quantitative estimate of drug-likeness (QED) is 0.882. The average molecular weight is 354 g/mol. The first-order chi connectivity index (χ1) is 10.2. The number of nitrogens with one attached hydrogen (secondary N) is 1. The third-order valence-corrected chi connectivity index (χ3v) is 5.29. The molecule has 0 aromatic heterocycles. The molecule has 3 nitrogen and oxygen atoms in total. The Balaban J connectivity index is 1.91. The Bertz CT molecular complexity index is 508. The van der Waals surface area contributed by atoms with Gasteiger partial charge in [0.15, 0.2) is 0 Å². The second kappa shape index (κ2) is 6.27. The zero-order valence-corrected chi connectivity index (χ0v) is 14.4. The summed E-state index contributed by atoms with van der Waals surface area (Å²) in [5, 5.41) is 3.63. The van der Waals surface area contributed by atoms with Crippen LogP contribution in [0.25, 0.3) is 0 Å². The summed E-state index contributed by atoms with van der Waals surface area (Å²) < 4.78 is 13.2. The Morgan fingerprint density at radius 2 is 2.29 bits per heavy atom. The maximum absolute atomic E-state index is 6.48. The molecule has 3 atom stereocenters. The van der Waals surface area contributed by atoms with Gasteiger partial charge in [0.2, 0.25) is 0 Å². The Labute approximate surface area is 135 Å². The van der Waals surface area contributed by atoms with Gasteiger partial charge in [0.25, 0.3) is 0 Å². The molecule has 1 fully saturated rings. The maximum atomic E-state index is 6.48. The summed E-state index contributed by atoms with van der Waals surface area (Å²) in [6, 6.07) is 6.72. The largest absolute Gasteiger partial charge is 0.487 e. The molecule has 1 aliphatic heterocycles. The van der Waals surface area contributed by atoms with Crippen molar-refractivity contribution in [3.8, 4) is 5.75 Å². The highest BCUT2D eigenvalue weighted by Crippen LogP contribution is 2.47. The summed E-state index contributed by atoms with van der Waals surface area (Å²) in [4.78, 5) is 0. The lowest BCUT2D eigenvalue weighted by Crippen LogP contribution is -2.48. The summed E-state index contributed by atoms with van der Waals surface area (Å²) in [5.41, 5.74) is 1.21. The van der Waals surface area contributed by atoms with E-state index in [9.17, 15) is 0 Å².